The minimum atomic E-state index is -0.0530. The van der Waals surface area contributed by atoms with E-state index in [1.165, 1.54) is 16.7 Å². The summed E-state index contributed by atoms with van der Waals surface area (Å²) in [6.45, 7) is 5.06. The third kappa shape index (κ3) is 2.14. The highest BCUT2D eigenvalue weighted by Gasteiger charge is 2.24. The maximum absolute atomic E-state index is 9.79. The van der Waals surface area contributed by atoms with E-state index in [0.29, 0.717) is 0 Å². The fraction of sp³-hybridized carbons (Fsp3) is 0.294. The van der Waals surface area contributed by atoms with Gasteiger partial charge in [-0.3, -0.25) is 0 Å². The van der Waals surface area contributed by atoms with Gasteiger partial charge >= 0.3 is 0 Å². The summed E-state index contributed by atoms with van der Waals surface area (Å²) in [6.07, 6.45) is 0.866. The third-order valence-corrected chi connectivity index (χ3v) is 4.04. The van der Waals surface area contributed by atoms with E-state index in [-0.39, 0.29) is 17.5 Å². The predicted octanol–water partition coefficient (Wildman–Crippen LogP) is 2.95. The van der Waals surface area contributed by atoms with Gasteiger partial charge in [-0.25, -0.2) is 0 Å². The average Bonchev–Trinajstić information content (AvgIpc) is 2.42. The zero-order chi connectivity index (χ0) is 14.3. The first-order valence-electron chi connectivity index (χ1n) is 6.91. The standard InChI is InChI=1S/C17H19NO2/c1-10-3-4-11(2)13(7-10)17-14-9-16(20)15(19)8-12(14)5-6-18-17/h3-4,7-9,17-20H,5-6H2,1-2H3. The first kappa shape index (κ1) is 13.0. The van der Waals surface area contributed by atoms with Crippen molar-refractivity contribution in [2.75, 3.05) is 6.54 Å². The molecule has 2 aromatic carbocycles. The Morgan fingerprint density at radius 1 is 1.00 bits per heavy atom. The minimum absolute atomic E-state index is 0.0367. The molecule has 0 spiro atoms. The number of benzene rings is 2. The van der Waals surface area contributed by atoms with Crippen molar-refractivity contribution in [3.05, 3.63) is 58.1 Å². The van der Waals surface area contributed by atoms with Crippen molar-refractivity contribution in [1.29, 1.82) is 0 Å². The molecule has 3 heteroatoms. The highest BCUT2D eigenvalue weighted by Crippen LogP contribution is 2.37. The van der Waals surface area contributed by atoms with Crippen LogP contribution in [0.15, 0.2) is 30.3 Å². The van der Waals surface area contributed by atoms with Crippen molar-refractivity contribution in [3.8, 4) is 11.5 Å². The summed E-state index contributed by atoms with van der Waals surface area (Å²) in [5, 5.41) is 23.0. The molecule has 0 bridgehead atoms. The molecule has 3 nitrogen and oxygen atoms in total. The van der Waals surface area contributed by atoms with Gasteiger partial charge in [0, 0.05) is 6.54 Å². The number of aryl methyl sites for hydroxylation is 2. The first-order chi connectivity index (χ1) is 9.56. The van der Waals surface area contributed by atoms with Crippen molar-refractivity contribution in [2.45, 2.75) is 26.3 Å². The van der Waals surface area contributed by atoms with Gasteiger partial charge in [0.2, 0.25) is 0 Å². The molecule has 1 heterocycles. The minimum Gasteiger partial charge on any atom is -0.504 e. The van der Waals surface area contributed by atoms with E-state index in [9.17, 15) is 10.2 Å². The molecule has 3 rings (SSSR count). The van der Waals surface area contributed by atoms with Crippen LogP contribution in [0.25, 0.3) is 0 Å². The Hall–Kier alpha value is -2.00. The van der Waals surface area contributed by atoms with Crippen LogP contribution in [0.4, 0.5) is 0 Å². The maximum Gasteiger partial charge on any atom is 0.157 e. The molecule has 1 aliphatic heterocycles. The number of fused-ring (bicyclic) bond motifs is 1. The van der Waals surface area contributed by atoms with Crippen LogP contribution in [0, 0.1) is 13.8 Å². The molecule has 0 radical (unpaired) electrons. The van der Waals surface area contributed by atoms with Crippen LogP contribution in [0.2, 0.25) is 0 Å². The molecular weight excluding hydrogens is 250 g/mol. The molecule has 0 amide bonds. The van der Waals surface area contributed by atoms with Crippen LogP contribution in [0.5, 0.6) is 11.5 Å². The largest absolute Gasteiger partial charge is 0.504 e. The van der Waals surface area contributed by atoms with Crippen molar-refractivity contribution in [1.82, 2.24) is 5.32 Å². The van der Waals surface area contributed by atoms with E-state index in [4.69, 9.17) is 0 Å². The zero-order valence-corrected chi connectivity index (χ0v) is 11.8. The van der Waals surface area contributed by atoms with E-state index in [1.807, 2.05) is 0 Å². The number of nitrogens with one attached hydrogen (secondary N) is 1. The lowest BCUT2D eigenvalue weighted by molar-refractivity contribution is 0.400. The quantitative estimate of drug-likeness (QED) is 0.698. The summed E-state index contributed by atoms with van der Waals surface area (Å²) in [5.74, 6) is -0.0897. The van der Waals surface area contributed by atoms with Crippen LogP contribution in [0.1, 0.15) is 33.9 Å². The van der Waals surface area contributed by atoms with E-state index in [1.54, 1.807) is 12.1 Å². The van der Waals surface area contributed by atoms with Gasteiger partial charge in [-0.05, 0) is 54.7 Å². The second kappa shape index (κ2) is 4.84. The molecule has 3 N–H and O–H groups in total. The number of phenols is 2. The number of hydrogen-bond acceptors (Lipinski definition) is 3. The predicted molar refractivity (Wildman–Crippen MR) is 79.2 cm³/mol. The number of aromatic hydroxyl groups is 2. The first-order valence-corrected chi connectivity index (χ1v) is 6.91. The molecule has 2 aromatic rings. The summed E-state index contributed by atoms with van der Waals surface area (Å²) >= 11 is 0. The summed E-state index contributed by atoms with van der Waals surface area (Å²) in [6, 6.07) is 9.86. The van der Waals surface area contributed by atoms with E-state index < -0.39 is 0 Å². The molecule has 104 valence electrons. The lowest BCUT2D eigenvalue weighted by atomic mass is 9.87. The van der Waals surface area contributed by atoms with Gasteiger partial charge in [0.1, 0.15) is 0 Å². The molecule has 1 aliphatic rings. The zero-order valence-electron chi connectivity index (χ0n) is 11.8. The maximum atomic E-state index is 9.79. The summed E-state index contributed by atoms with van der Waals surface area (Å²) in [7, 11) is 0. The molecule has 1 atom stereocenters. The summed E-state index contributed by atoms with van der Waals surface area (Å²) in [4.78, 5) is 0. The average molecular weight is 269 g/mol. The van der Waals surface area contributed by atoms with Gasteiger partial charge in [-0.1, -0.05) is 23.8 Å². The van der Waals surface area contributed by atoms with Crippen LogP contribution in [-0.2, 0) is 6.42 Å². The van der Waals surface area contributed by atoms with Crippen LogP contribution in [0.3, 0.4) is 0 Å². The van der Waals surface area contributed by atoms with Crippen LogP contribution < -0.4 is 5.32 Å². The number of phenolic OH excluding ortho intramolecular Hbond substituents is 2. The second-order valence-corrected chi connectivity index (χ2v) is 5.54. The van der Waals surface area contributed by atoms with Crippen molar-refractivity contribution < 1.29 is 10.2 Å². The van der Waals surface area contributed by atoms with Gasteiger partial charge in [0.25, 0.3) is 0 Å². The smallest absolute Gasteiger partial charge is 0.157 e. The van der Waals surface area contributed by atoms with Gasteiger partial charge in [-0.15, -0.1) is 0 Å². The summed E-state index contributed by atoms with van der Waals surface area (Å²) in [5.41, 5.74) is 5.84. The highest BCUT2D eigenvalue weighted by molar-refractivity contribution is 5.51. The molecule has 0 fully saturated rings. The molecule has 1 unspecified atom stereocenters. The Balaban J connectivity index is 2.14. The molecular formula is C17H19NO2. The monoisotopic (exact) mass is 269 g/mol. The number of rotatable bonds is 1. The molecule has 0 aromatic heterocycles. The van der Waals surface area contributed by atoms with Crippen molar-refractivity contribution in [3.63, 3.8) is 0 Å². The van der Waals surface area contributed by atoms with E-state index in [2.05, 4.69) is 37.4 Å². The SMILES string of the molecule is Cc1ccc(C)c(C2NCCc3cc(O)c(O)cc32)c1. The molecule has 0 saturated carbocycles. The lowest BCUT2D eigenvalue weighted by Gasteiger charge is -2.29. The van der Waals surface area contributed by atoms with Gasteiger partial charge in [0.15, 0.2) is 11.5 Å². The number of hydrogen-bond donors (Lipinski definition) is 3. The Morgan fingerprint density at radius 2 is 1.75 bits per heavy atom. The van der Waals surface area contributed by atoms with Crippen LogP contribution in [-0.4, -0.2) is 16.8 Å². The third-order valence-electron chi connectivity index (χ3n) is 4.04. The van der Waals surface area contributed by atoms with E-state index >= 15 is 0 Å². The Kier molecular flexibility index (Phi) is 3.14. The Labute approximate surface area is 118 Å². The van der Waals surface area contributed by atoms with E-state index in [0.717, 1.165) is 24.1 Å². The van der Waals surface area contributed by atoms with Crippen LogP contribution >= 0.6 is 0 Å². The summed E-state index contributed by atoms with van der Waals surface area (Å²) < 4.78 is 0. The fourth-order valence-electron chi connectivity index (χ4n) is 2.93. The lowest BCUT2D eigenvalue weighted by Crippen LogP contribution is -2.31. The molecule has 20 heavy (non-hydrogen) atoms. The Morgan fingerprint density at radius 3 is 2.55 bits per heavy atom. The Bertz CT molecular complexity index is 664. The molecule has 0 saturated heterocycles. The van der Waals surface area contributed by atoms with Gasteiger partial charge in [-0.2, -0.15) is 0 Å². The van der Waals surface area contributed by atoms with Crippen molar-refractivity contribution >= 4 is 0 Å². The topological polar surface area (TPSA) is 52.5 Å². The van der Waals surface area contributed by atoms with Gasteiger partial charge in [0.05, 0.1) is 6.04 Å². The van der Waals surface area contributed by atoms with Crippen molar-refractivity contribution in [2.24, 2.45) is 0 Å². The fourth-order valence-corrected chi connectivity index (χ4v) is 2.93. The van der Waals surface area contributed by atoms with Gasteiger partial charge < -0.3 is 15.5 Å². The molecule has 0 aliphatic carbocycles. The highest BCUT2D eigenvalue weighted by atomic mass is 16.3. The second-order valence-electron chi connectivity index (χ2n) is 5.54. The normalized spacial score (nSPS) is 17.8.